The lowest BCUT2D eigenvalue weighted by molar-refractivity contribution is 0.184. The summed E-state index contributed by atoms with van der Waals surface area (Å²) in [6.07, 6.45) is 0. The van der Waals surface area contributed by atoms with E-state index in [0.717, 1.165) is 0 Å². The molecule has 21 heavy (non-hydrogen) atoms. The van der Waals surface area contributed by atoms with Crippen LogP contribution >= 0.6 is 0 Å². The number of fused-ring (bicyclic) bond motifs is 1. The van der Waals surface area contributed by atoms with E-state index in [-0.39, 0.29) is 5.56 Å². The highest BCUT2D eigenvalue weighted by atomic mass is 32.2. The van der Waals surface area contributed by atoms with Gasteiger partial charge in [-0.3, -0.25) is 19.3 Å². The van der Waals surface area contributed by atoms with Gasteiger partial charge >= 0.3 is 0 Å². The van der Waals surface area contributed by atoms with Gasteiger partial charge in [-0.2, -0.15) is 0 Å². The molecule has 7 nitrogen and oxygen atoms in total. The minimum atomic E-state index is -3.43. The lowest BCUT2D eigenvalue weighted by atomic mass is 10.2. The van der Waals surface area contributed by atoms with Crippen LogP contribution < -0.4 is 10.3 Å². The standard InChI is InChI=1S/C13H19N3O4S/c1-9(2)21(18,19)15-10-4-5-12-11(8-10)13(17)14-16(12)6-7-20-3/h4-5,8-9,15H,6-7H2,1-3H3,(H,14,17). The zero-order valence-electron chi connectivity index (χ0n) is 12.2. The SMILES string of the molecule is COCCn1[nH]c(=O)c2cc(NS(=O)(=O)C(C)C)ccc21. The van der Waals surface area contributed by atoms with Gasteiger partial charge in [-0.1, -0.05) is 0 Å². The van der Waals surface area contributed by atoms with Gasteiger partial charge in [0.15, 0.2) is 0 Å². The summed E-state index contributed by atoms with van der Waals surface area (Å²) in [4.78, 5) is 11.9. The number of nitrogens with one attached hydrogen (secondary N) is 2. The summed E-state index contributed by atoms with van der Waals surface area (Å²) in [5.41, 5.74) is 0.836. The first-order chi connectivity index (χ1) is 9.85. The third-order valence-corrected chi connectivity index (χ3v) is 4.93. The lowest BCUT2D eigenvalue weighted by Gasteiger charge is -2.10. The maximum Gasteiger partial charge on any atom is 0.272 e. The van der Waals surface area contributed by atoms with Crippen LogP contribution in [0.4, 0.5) is 5.69 Å². The predicted octanol–water partition coefficient (Wildman–Crippen LogP) is 1.13. The maximum absolute atomic E-state index is 11.9. The average molecular weight is 313 g/mol. The Labute approximate surface area is 122 Å². The van der Waals surface area contributed by atoms with E-state index in [1.54, 1.807) is 37.8 Å². The van der Waals surface area contributed by atoms with Crippen LogP contribution in [0.3, 0.4) is 0 Å². The number of hydrogen-bond acceptors (Lipinski definition) is 4. The molecule has 1 aromatic carbocycles. The molecule has 0 atom stereocenters. The number of sulfonamides is 1. The van der Waals surface area contributed by atoms with E-state index in [4.69, 9.17) is 4.74 Å². The van der Waals surface area contributed by atoms with Crippen LogP contribution in [0.25, 0.3) is 10.9 Å². The number of aromatic amines is 1. The Kier molecular flexibility index (Phi) is 4.38. The molecule has 2 aromatic rings. The Bertz CT molecular complexity index is 789. The van der Waals surface area contributed by atoms with Crippen LogP contribution in [0.15, 0.2) is 23.0 Å². The number of aromatic nitrogens is 2. The Hall–Kier alpha value is -1.80. The smallest absolute Gasteiger partial charge is 0.272 e. The van der Waals surface area contributed by atoms with E-state index in [1.807, 2.05) is 0 Å². The van der Waals surface area contributed by atoms with Crippen LogP contribution in [-0.2, 0) is 21.3 Å². The number of methoxy groups -OCH3 is 1. The van der Waals surface area contributed by atoms with Crippen molar-refractivity contribution in [2.75, 3.05) is 18.4 Å². The molecule has 116 valence electrons. The molecule has 0 saturated heterocycles. The number of nitrogens with zero attached hydrogens (tertiary/aromatic N) is 1. The van der Waals surface area contributed by atoms with Crippen molar-refractivity contribution in [3.8, 4) is 0 Å². The van der Waals surface area contributed by atoms with Gasteiger partial charge in [0.25, 0.3) is 5.56 Å². The summed E-state index contributed by atoms with van der Waals surface area (Å²) in [5.74, 6) is 0. The molecule has 0 amide bonds. The summed E-state index contributed by atoms with van der Waals surface area (Å²) >= 11 is 0. The van der Waals surface area contributed by atoms with Gasteiger partial charge in [-0.15, -0.1) is 0 Å². The summed E-state index contributed by atoms with van der Waals surface area (Å²) < 4.78 is 32.8. The first-order valence-corrected chi connectivity index (χ1v) is 8.13. The molecule has 8 heteroatoms. The highest BCUT2D eigenvalue weighted by Gasteiger charge is 2.16. The predicted molar refractivity (Wildman–Crippen MR) is 82.1 cm³/mol. The summed E-state index contributed by atoms with van der Waals surface area (Å²) in [6.45, 7) is 4.18. The molecule has 0 aliphatic heterocycles. The molecule has 0 spiro atoms. The van der Waals surface area contributed by atoms with Gasteiger partial charge < -0.3 is 4.74 Å². The molecule has 0 saturated carbocycles. The van der Waals surface area contributed by atoms with E-state index in [0.29, 0.717) is 29.7 Å². The van der Waals surface area contributed by atoms with Crippen molar-refractivity contribution in [3.63, 3.8) is 0 Å². The van der Waals surface area contributed by atoms with E-state index >= 15 is 0 Å². The first kappa shape index (κ1) is 15.6. The fourth-order valence-corrected chi connectivity index (χ4v) is 2.59. The number of rotatable bonds is 6. The minimum absolute atomic E-state index is 0.258. The van der Waals surface area contributed by atoms with Crippen LogP contribution in [0.1, 0.15) is 13.8 Å². The van der Waals surface area contributed by atoms with Crippen molar-refractivity contribution < 1.29 is 13.2 Å². The molecule has 1 heterocycles. The van der Waals surface area contributed by atoms with Crippen molar-refractivity contribution in [1.82, 2.24) is 9.78 Å². The van der Waals surface area contributed by atoms with E-state index in [9.17, 15) is 13.2 Å². The number of anilines is 1. The van der Waals surface area contributed by atoms with Crippen molar-refractivity contribution >= 4 is 26.6 Å². The van der Waals surface area contributed by atoms with Crippen molar-refractivity contribution in [1.29, 1.82) is 0 Å². The second-order valence-corrected chi connectivity index (χ2v) is 7.25. The Morgan fingerprint density at radius 2 is 2.10 bits per heavy atom. The van der Waals surface area contributed by atoms with E-state index < -0.39 is 15.3 Å². The maximum atomic E-state index is 11.9. The number of hydrogen-bond donors (Lipinski definition) is 2. The van der Waals surface area contributed by atoms with Gasteiger partial charge in [0.1, 0.15) is 0 Å². The van der Waals surface area contributed by atoms with Crippen LogP contribution in [0.2, 0.25) is 0 Å². The number of benzene rings is 1. The number of H-pyrrole nitrogens is 1. The van der Waals surface area contributed by atoms with Gasteiger partial charge in [-0.25, -0.2) is 8.42 Å². The zero-order valence-corrected chi connectivity index (χ0v) is 13.0. The molecule has 0 bridgehead atoms. The Morgan fingerprint density at radius 3 is 2.71 bits per heavy atom. The van der Waals surface area contributed by atoms with Crippen molar-refractivity contribution in [3.05, 3.63) is 28.6 Å². The van der Waals surface area contributed by atoms with Gasteiger partial charge in [0.05, 0.1) is 29.3 Å². The highest BCUT2D eigenvalue weighted by molar-refractivity contribution is 7.93. The molecule has 0 fully saturated rings. The van der Waals surface area contributed by atoms with Gasteiger partial charge in [0, 0.05) is 12.8 Å². The van der Waals surface area contributed by atoms with Gasteiger partial charge in [-0.05, 0) is 32.0 Å². The van der Waals surface area contributed by atoms with E-state index in [2.05, 4.69) is 9.82 Å². The molecular formula is C13H19N3O4S. The Balaban J connectivity index is 2.39. The fourth-order valence-electron chi connectivity index (χ4n) is 1.90. The van der Waals surface area contributed by atoms with Crippen molar-refractivity contribution in [2.24, 2.45) is 0 Å². The minimum Gasteiger partial charge on any atom is -0.383 e. The summed E-state index contributed by atoms with van der Waals surface area (Å²) in [5, 5.41) is 2.60. The molecular weight excluding hydrogens is 294 g/mol. The number of ether oxygens (including phenoxy) is 1. The summed E-state index contributed by atoms with van der Waals surface area (Å²) in [7, 11) is -1.84. The van der Waals surface area contributed by atoms with Crippen LogP contribution in [-0.4, -0.2) is 37.2 Å². The van der Waals surface area contributed by atoms with Crippen LogP contribution in [0, 0.1) is 0 Å². The lowest BCUT2D eigenvalue weighted by Crippen LogP contribution is -2.22. The third-order valence-electron chi connectivity index (χ3n) is 3.17. The third kappa shape index (κ3) is 3.27. The quantitative estimate of drug-likeness (QED) is 0.836. The topological polar surface area (TPSA) is 93.2 Å². The molecule has 0 aliphatic carbocycles. The molecule has 0 unspecified atom stereocenters. The van der Waals surface area contributed by atoms with E-state index in [1.165, 1.54) is 6.07 Å². The normalized spacial score (nSPS) is 12.2. The highest BCUT2D eigenvalue weighted by Crippen LogP contribution is 2.18. The first-order valence-electron chi connectivity index (χ1n) is 6.58. The molecule has 2 rings (SSSR count). The molecule has 1 aromatic heterocycles. The van der Waals surface area contributed by atoms with Crippen LogP contribution in [0.5, 0.6) is 0 Å². The second-order valence-electron chi connectivity index (χ2n) is 5.01. The molecule has 2 N–H and O–H groups in total. The monoisotopic (exact) mass is 313 g/mol. The zero-order chi connectivity index (χ0) is 15.6. The molecule has 0 aliphatic rings. The summed E-state index contributed by atoms with van der Waals surface area (Å²) in [6, 6.07) is 4.89. The van der Waals surface area contributed by atoms with Crippen molar-refractivity contribution in [2.45, 2.75) is 25.6 Å². The second kappa shape index (κ2) is 5.90. The van der Waals surface area contributed by atoms with Gasteiger partial charge in [0.2, 0.25) is 10.0 Å². The largest absolute Gasteiger partial charge is 0.383 e. The Morgan fingerprint density at radius 1 is 1.38 bits per heavy atom. The molecule has 0 radical (unpaired) electrons. The fraction of sp³-hybridized carbons (Fsp3) is 0.462. The average Bonchev–Trinajstić information content (AvgIpc) is 2.72.